The molecule has 2 aromatic rings. The van der Waals surface area contributed by atoms with Crippen molar-refractivity contribution in [2.45, 2.75) is 20.8 Å². The predicted molar refractivity (Wildman–Crippen MR) is 104 cm³/mol. The molecule has 0 N–H and O–H groups in total. The van der Waals surface area contributed by atoms with E-state index in [1.165, 1.54) is 30.2 Å². The van der Waals surface area contributed by atoms with E-state index in [9.17, 15) is 0 Å². The fourth-order valence-electron chi connectivity index (χ4n) is 2.58. The van der Waals surface area contributed by atoms with Crippen molar-refractivity contribution in [1.82, 2.24) is 0 Å². The first-order valence-electron chi connectivity index (χ1n) is 7.89. The van der Waals surface area contributed by atoms with Crippen molar-refractivity contribution in [1.29, 1.82) is 0 Å². The number of quaternary nitrogens is 1. The number of rotatable bonds is 7. The number of hydrogen-bond acceptors (Lipinski definition) is 0. The summed E-state index contributed by atoms with van der Waals surface area (Å²) in [6, 6.07) is 21.7. The van der Waals surface area contributed by atoms with E-state index in [1.54, 1.807) is 0 Å². The van der Waals surface area contributed by atoms with Crippen LogP contribution in [0, 0.1) is 0 Å². The Morgan fingerprint density at radius 1 is 0.773 bits per heavy atom. The molecule has 2 rings (SSSR count). The Bertz CT molecular complexity index is 524. The summed E-state index contributed by atoms with van der Waals surface area (Å²) in [5, 5.41) is 1.01. The van der Waals surface area contributed by atoms with Crippen LogP contribution < -0.4 is 10.6 Å². The summed E-state index contributed by atoms with van der Waals surface area (Å²) in [6.07, 6.45) is 0. The molecule has 0 saturated heterocycles. The van der Waals surface area contributed by atoms with Crippen molar-refractivity contribution < 1.29 is 3.50 Å². The van der Waals surface area contributed by atoms with E-state index in [0.717, 1.165) is 3.50 Å². The molecule has 0 atom stereocenters. The van der Waals surface area contributed by atoms with Gasteiger partial charge < -0.3 is 0 Å². The van der Waals surface area contributed by atoms with Crippen LogP contribution in [0.5, 0.6) is 0 Å². The van der Waals surface area contributed by atoms with Gasteiger partial charge in [0.25, 0.3) is 0 Å². The first-order chi connectivity index (χ1) is 10.6. The van der Waals surface area contributed by atoms with Crippen LogP contribution in [-0.4, -0.2) is 37.9 Å². The molecule has 117 valence electrons. The molecule has 0 heterocycles. The summed E-state index contributed by atoms with van der Waals surface area (Å²) in [5.41, 5.74) is 0. The third kappa shape index (κ3) is 3.78. The second-order valence-corrected chi connectivity index (χ2v) is 16.9. The van der Waals surface area contributed by atoms with Crippen molar-refractivity contribution in [3.63, 3.8) is 0 Å². The Kier molecular flexibility index (Phi) is 6.56. The van der Waals surface area contributed by atoms with Gasteiger partial charge >= 0.3 is 147 Å². The van der Waals surface area contributed by atoms with Gasteiger partial charge in [-0.3, -0.25) is 0 Å². The van der Waals surface area contributed by atoms with Crippen molar-refractivity contribution in [2.75, 3.05) is 19.6 Å². The zero-order valence-corrected chi connectivity index (χ0v) is 17.0. The standard InChI is InChI=1S/C18H25NPSSe/c1-4-19(5-2,6-3)22-20(21,17-13-9-7-10-14-17)18-15-11-8-12-16-18/h7-16H,4-6H2,1-3H3/q+2. The van der Waals surface area contributed by atoms with E-state index >= 15 is 0 Å². The molecule has 0 saturated carbocycles. The van der Waals surface area contributed by atoms with E-state index in [1.807, 2.05) is 0 Å². The van der Waals surface area contributed by atoms with Gasteiger partial charge in [-0.15, -0.1) is 0 Å². The quantitative estimate of drug-likeness (QED) is 0.486. The summed E-state index contributed by atoms with van der Waals surface area (Å²) >= 11 is 6.77. The average Bonchev–Trinajstić information content (AvgIpc) is 2.61. The third-order valence-electron chi connectivity index (χ3n) is 4.21. The first kappa shape index (κ1) is 18.0. The van der Waals surface area contributed by atoms with Gasteiger partial charge in [0, 0.05) is 0 Å². The third-order valence-corrected chi connectivity index (χ3v) is 17.0. The Morgan fingerprint density at radius 3 is 1.45 bits per heavy atom. The summed E-state index contributed by atoms with van der Waals surface area (Å²) < 4.78 is 1.16. The fourth-order valence-corrected chi connectivity index (χ4v) is 15.9. The molecule has 1 radical (unpaired) electrons. The van der Waals surface area contributed by atoms with Crippen LogP contribution in [0.2, 0.25) is 0 Å². The number of nitrogens with zero attached hydrogens (tertiary/aromatic N) is 1. The van der Waals surface area contributed by atoms with Gasteiger partial charge in [0.05, 0.1) is 0 Å². The Hall–Kier alpha value is -0.301. The van der Waals surface area contributed by atoms with Crippen LogP contribution in [0.1, 0.15) is 20.8 Å². The van der Waals surface area contributed by atoms with Crippen LogP contribution >= 0.6 is 17.4 Å². The van der Waals surface area contributed by atoms with Gasteiger partial charge in [0.1, 0.15) is 0 Å². The summed E-state index contributed by atoms with van der Waals surface area (Å²) in [6.45, 7) is 10.4. The summed E-state index contributed by atoms with van der Waals surface area (Å²) in [4.78, 5) is 0. The average molecular weight is 397 g/mol. The molecular weight excluding hydrogens is 372 g/mol. The van der Waals surface area contributed by atoms with Gasteiger partial charge in [0.2, 0.25) is 0 Å². The second-order valence-electron chi connectivity index (χ2n) is 5.31. The molecule has 0 fully saturated rings. The van der Waals surface area contributed by atoms with Crippen LogP contribution in [0.25, 0.3) is 0 Å². The SMILES string of the molecule is CC[N+](CC)(CC)[Se][P+]([S])(c1ccccc1)c1ccccc1. The van der Waals surface area contributed by atoms with E-state index < -0.39 is 5.15 Å². The first-order valence-corrected chi connectivity index (χ1v) is 13.7. The van der Waals surface area contributed by atoms with Gasteiger partial charge in [-0.2, -0.15) is 0 Å². The topological polar surface area (TPSA) is 0 Å². The maximum absolute atomic E-state index is 6.41. The molecule has 0 bridgehead atoms. The van der Waals surface area contributed by atoms with E-state index in [4.69, 9.17) is 12.2 Å². The van der Waals surface area contributed by atoms with E-state index in [2.05, 4.69) is 81.4 Å². The molecule has 0 unspecified atom stereocenters. The molecule has 0 aromatic heterocycles. The molecule has 1 nitrogen and oxygen atoms in total. The molecule has 22 heavy (non-hydrogen) atoms. The van der Waals surface area contributed by atoms with Crippen LogP contribution in [0.3, 0.4) is 0 Å². The molecule has 0 aliphatic rings. The molecule has 2 aromatic carbocycles. The summed E-state index contributed by atoms with van der Waals surface area (Å²) in [7, 11) is 0. The maximum atomic E-state index is 6.41. The monoisotopic (exact) mass is 398 g/mol. The molecule has 0 aliphatic heterocycles. The Balaban J connectivity index is 2.52. The minimum atomic E-state index is -1.73. The van der Waals surface area contributed by atoms with Gasteiger partial charge in [0.15, 0.2) is 0 Å². The molecule has 0 aliphatic carbocycles. The van der Waals surface area contributed by atoms with Crippen LogP contribution in [-0.2, 0) is 0 Å². The van der Waals surface area contributed by atoms with Crippen molar-refractivity contribution in [2.24, 2.45) is 0 Å². The van der Waals surface area contributed by atoms with Crippen molar-refractivity contribution in [3.05, 3.63) is 60.7 Å². The van der Waals surface area contributed by atoms with Crippen LogP contribution in [0.4, 0.5) is 0 Å². The minimum absolute atomic E-state index is 0.364. The molecule has 4 heteroatoms. The molecular formula is C18H25NPSSe+2. The second kappa shape index (κ2) is 7.99. The van der Waals surface area contributed by atoms with Gasteiger partial charge in [-0.25, -0.2) is 0 Å². The zero-order chi connectivity index (χ0) is 16.1. The molecule has 0 amide bonds. The van der Waals surface area contributed by atoms with Crippen molar-refractivity contribution in [3.8, 4) is 0 Å². The van der Waals surface area contributed by atoms with Crippen molar-refractivity contribution >= 4 is 42.7 Å². The van der Waals surface area contributed by atoms with Gasteiger partial charge in [-0.05, 0) is 0 Å². The normalized spacial score (nSPS) is 12.4. The van der Waals surface area contributed by atoms with Gasteiger partial charge in [-0.1, -0.05) is 0 Å². The summed E-state index contributed by atoms with van der Waals surface area (Å²) in [5.74, 6) is 0. The van der Waals surface area contributed by atoms with E-state index in [-0.39, 0.29) is 0 Å². The Morgan fingerprint density at radius 2 is 1.14 bits per heavy atom. The number of hydrogen-bond donors (Lipinski definition) is 0. The molecule has 0 spiro atoms. The predicted octanol–water partition coefficient (Wildman–Crippen LogP) is 4.18. The fraction of sp³-hybridized carbons (Fsp3) is 0.333. The Labute approximate surface area is 147 Å². The van der Waals surface area contributed by atoms with E-state index in [0.29, 0.717) is 14.7 Å². The zero-order valence-electron chi connectivity index (χ0n) is 13.6. The number of benzene rings is 2. The van der Waals surface area contributed by atoms with Crippen LogP contribution in [0.15, 0.2) is 60.7 Å².